The molecule has 2 amide bonds. The zero-order valence-corrected chi connectivity index (χ0v) is 19.1. The summed E-state index contributed by atoms with van der Waals surface area (Å²) < 4.78 is 6.78. The average Bonchev–Trinajstić information content (AvgIpc) is 3.39. The third kappa shape index (κ3) is 6.18. The van der Waals surface area contributed by atoms with Crippen LogP contribution in [0.25, 0.3) is 5.69 Å². The Morgan fingerprint density at radius 3 is 2.41 bits per heavy atom. The number of carbonyl (C=O) groups is 1. The summed E-state index contributed by atoms with van der Waals surface area (Å²) >= 11 is 0. The number of nitrogens with two attached hydrogens (primary N) is 1. The maximum atomic E-state index is 11.0. The summed E-state index contributed by atoms with van der Waals surface area (Å²) in [5.74, 6) is 1.34. The number of nitrogens with zero attached hydrogens (tertiary/aromatic N) is 3. The number of ether oxygens (including phenoxy) is 1. The highest BCUT2D eigenvalue weighted by molar-refractivity contribution is 5.88. The van der Waals surface area contributed by atoms with Gasteiger partial charge in [-0.2, -0.15) is 5.10 Å². The smallest absolute Gasteiger partial charge is 0.317 e. The summed E-state index contributed by atoms with van der Waals surface area (Å²) in [6.07, 6.45) is 1.29. The van der Waals surface area contributed by atoms with E-state index in [0.29, 0.717) is 5.82 Å². The van der Waals surface area contributed by atoms with E-state index in [2.05, 4.69) is 45.6 Å². The van der Waals surface area contributed by atoms with Crippen LogP contribution in [0, 0.1) is 13.8 Å². The van der Waals surface area contributed by atoms with E-state index in [1.165, 1.54) is 25.1 Å². The quantitative estimate of drug-likeness (QED) is 0.610. The standard InChI is InChI=1S/C13H19NO.C12H14N4O/c1-15-10-9-14-8-7-13(11-14)12-5-3-2-4-6-12;1-8-9(2)15-16(11(8)14-12(13)17)10-6-4-3-5-7-10/h2-6,13H,7-11H2,1H3;3-7H,1-2H3,(H3,13,14,17). The minimum Gasteiger partial charge on any atom is -0.383 e. The fourth-order valence-corrected chi connectivity index (χ4v) is 3.88. The van der Waals surface area contributed by atoms with E-state index >= 15 is 0 Å². The lowest BCUT2D eigenvalue weighted by atomic mass is 9.99. The van der Waals surface area contributed by atoms with Crippen LogP contribution in [-0.2, 0) is 4.74 Å². The summed E-state index contributed by atoms with van der Waals surface area (Å²) in [7, 11) is 1.77. The number of para-hydroxylation sites is 1. The molecule has 7 heteroatoms. The molecule has 170 valence electrons. The summed E-state index contributed by atoms with van der Waals surface area (Å²) in [5, 5.41) is 6.98. The number of carbonyl (C=O) groups excluding carboxylic acids is 1. The maximum Gasteiger partial charge on any atom is 0.317 e. The Labute approximate surface area is 190 Å². The van der Waals surface area contributed by atoms with E-state index in [9.17, 15) is 4.79 Å². The van der Waals surface area contributed by atoms with Crippen LogP contribution in [0.15, 0.2) is 60.7 Å². The lowest BCUT2D eigenvalue weighted by Crippen LogP contribution is -2.24. The molecule has 2 aromatic carbocycles. The second kappa shape index (κ2) is 11.5. The van der Waals surface area contributed by atoms with Gasteiger partial charge in [-0.15, -0.1) is 0 Å². The van der Waals surface area contributed by atoms with Crippen molar-refractivity contribution < 1.29 is 9.53 Å². The molecule has 1 atom stereocenters. The third-order valence-corrected chi connectivity index (χ3v) is 5.76. The molecule has 2 heterocycles. The molecule has 0 saturated carbocycles. The fourth-order valence-electron chi connectivity index (χ4n) is 3.88. The highest BCUT2D eigenvalue weighted by Gasteiger charge is 2.22. The Bertz CT molecular complexity index is 988. The van der Waals surface area contributed by atoms with Gasteiger partial charge < -0.3 is 15.4 Å². The van der Waals surface area contributed by atoms with Gasteiger partial charge in [-0.1, -0.05) is 48.5 Å². The van der Waals surface area contributed by atoms with E-state index in [4.69, 9.17) is 10.5 Å². The molecule has 1 saturated heterocycles. The number of likely N-dealkylation sites (tertiary alicyclic amines) is 1. The van der Waals surface area contributed by atoms with E-state index in [0.717, 1.165) is 36.0 Å². The first-order valence-corrected chi connectivity index (χ1v) is 10.9. The number of benzene rings is 2. The molecule has 0 aliphatic carbocycles. The van der Waals surface area contributed by atoms with Gasteiger partial charge in [0.1, 0.15) is 5.82 Å². The molecule has 0 bridgehead atoms. The SMILES string of the molecule is COCCN1CCC(c2ccccc2)C1.Cc1nn(-c2ccccc2)c(NC(N)=O)c1C. The van der Waals surface area contributed by atoms with Gasteiger partial charge in [-0.25, -0.2) is 9.48 Å². The first-order chi connectivity index (χ1) is 15.5. The van der Waals surface area contributed by atoms with Gasteiger partial charge in [0, 0.05) is 25.8 Å². The number of urea groups is 1. The van der Waals surface area contributed by atoms with Crippen LogP contribution in [0.2, 0.25) is 0 Å². The summed E-state index contributed by atoms with van der Waals surface area (Å²) in [6, 6.07) is 19.8. The Hall–Kier alpha value is -3.16. The van der Waals surface area contributed by atoms with Crippen molar-refractivity contribution in [3.8, 4) is 5.69 Å². The largest absolute Gasteiger partial charge is 0.383 e. The molecule has 1 aliphatic rings. The van der Waals surface area contributed by atoms with Crippen LogP contribution in [-0.4, -0.2) is 54.1 Å². The van der Waals surface area contributed by atoms with Gasteiger partial charge in [0.25, 0.3) is 0 Å². The van der Waals surface area contributed by atoms with E-state index in [-0.39, 0.29) is 0 Å². The number of primary amides is 1. The van der Waals surface area contributed by atoms with Crippen LogP contribution in [0.5, 0.6) is 0 Å². The zero-order valence-electron chi connectivity index (χ0n) is 19.1. The second-order valence-electron chi connectivity index (χ2n) is 7.99. The molecule has 7 nitrogen and oxygen atoms in total. The minimum atomic E-state index is -0.592. The van der Waals surface area contributed by atoms with Crippen LogP contribution in [0.4, 0.5) is 10.6 Å². The fraction of sp³-hybridized carbons (Fsp3) is 0.360. The molecule has 3 aromatic rings. The number of aryl methyl sites for hydroxylation is 1. The lowest BCUT2D eigenvalue weighted by molar-refractivity contribution is 0.160. The molecule has 4 rings (SSSR count). The second-order valence-corrected chi connectivity index (χ2v) is 7.99. The van der Waals surface area contributed by atoms with Crippen molar-refractivity contribution in [1.29, 1.82) is 0 Å². The normalized spacial score (nSPS) is 15.8. The van der Waals surface area contributed by atoms with Gasteiger partial charge in [-0.3, -0.25) is 5.32 Å². The number of aromatic nitrogens is 2. The highest BCUT2D eigenvalue weighted by Crippen LogP contribution is 2.26. The third-order valence-electron chi connectivity index (χ3n) is 5.76. The molecular weight excluding hydrogens is 402 g/mol. The Morgan fingerprint density at radius 1 is 1.12 bits per heavy atom. The zero-order chi connectivity index (χ0) is 22.9. The summed E-state index contributed by atoms with van der Waals surface area (Å²) in [5.41, 5.74) is 9.29. The number of hydrogen-bond donors (Lipinski definition) is 2. The molecule has 0 radical (unpaired) electrons. The van der Waals surface area contributed by atoms with Crippen molar-refractivity contribution in [1.82, 2.24) is 14.7 Å². The topological polar surface area (TPSA) is 85.4 Å². The minimum absolute atomic E-state index is 0.592. The molecule has 32 heavy (non-hydrogen) atoms. The van der Waals surface area contributed by atoms with Crippen molar-refractivity contribution >= 4 is 11.8 Å². The predicted molar refractivity (Wildman–Crippen MR) is 128 cm³/mol. The van der Waals surface area contributed by atoms with Crippen molar-refractivity contribution in [3.63, 3.8) is 0 Å². The Kier molecular flexibility index (Phi) is 8.41. The number of hydrogen-bond acceptors (Lipinski definition) is 4. The summed E-state index contributed by atoms with van der Waals surface area (Å²) in [4.78, 5) is 13.5. The number of nitrogens with one attached hydrogen (secondary N) is 1. The lowest BCUT2D eigenvalue weighted by Gasteiger charge is -2.15. The van der Waals surface area contributed by atoms with Crippen LogP contribution in [0.1, 0.15) is 29.2 Å². The molecular formula is C25H33N5O2. The molecule has 1 fully saturated rings. The summed E-state index contributed by atoms with van der Waals surface area (Å²) in [6.45, 7) is 8.10. The molecule has 3 N–H and O–H groups in total. The number of anilines is 1. The predicted octanol–water partition coefficient (Wildman–Crippen LogP) is 4.10. The monoisotopic (exact) mass is 435 g/mol. The van der Waals surface area contributed by atoms with Crippen LogP contribution < -0.4 is 11.1 Å². The van der Waals surface area contributed by atoms with Crippen molar-refractivity contribution in [2.75, 3.05) is 38.7 Å². The van der Waals surface area contributed by atoms with Crippen molar-refractivity contribution in [2.24, 2.45) is 5.73 Å². The highest BCUT2D eigenvalue weighted by atomic mass is 16.5. The van der Waals surface area contributed by atoms with Crippen molar-refractivity contribution in [2.45, 2.75) is 26.2 Å². The maximum absolute atomic E-state index is 11.0. The van der Waals surface area contributed by atoms with Crippen LogP contribution >= 0.6 is 0 Å². The Morgan fingerprint density at radius 2 is 1.78 bits per heavy atom. The van der Waals surface area contributed by atoms with Crippen molar-refractivity contribution in [3.05, 3.63) is 77.5 Å². The van der Waals surface area contributed by atoms with Gasteiger partial charge in [0.05, 0.1) is 18.0 Å². The molecule has 1 aromatic heterocycles. The van der Waals surface area contributed by atoms with E-state index in [1.54, 1.807) is 11.8 Å². The van der Waals surface area contributed by atoms with Crippen LogP contribution in [0.3, 0.4) is 0 Å². The van der Waals surface area contributed by atoms with Gasteiger partial charge >= 0.3 is 6.03 Å². The first-order valence-electron chi connectivity index (χ1n) is 10.9. The van der Waals surface area contributed by atoms with E-state index in [1.807, 2.05) is 44.2 Å². The molecule has 1 unspecified atom stereocenters. The Balaban J connectivity index is 0.000000182. The van der Waals surface area contributed by atoms with E-state index < -0.39 is 6.03 Å². The number of methoxy groups -OCH3 is 1. The molecule has 1 aliphatic heterocycles. The van der Waals surface area contributed by atoms with Gasteiger partial charge in [0.2, 0.25) is 0 Å². The average molecular weight is 436 g/mol. The first kappa shape index (κ1) is 23.5. The molecule has 0 spiro atoms. The number of rotatable bonds is 6. The van der Waals surface area contributed by atoms with Gasteiger partial charge in [0.15, 0.2) is 0 Å². The van der Waals surface area contributed by atoms with Gasteiger partial charge in [-0.05, 0) is 50.4 Å². The number of amides is 2.